The van der Waals surface area contributed by atoms with Crippen molar-refractivity contribution in [3.63, 3.8) is 0 Å². The number of hydrogen-bond acceptors (Lipinski definition) is 3. The van der Waals surface area contributed by atoms with Crippen molar-refractivity contribution in [1.82, 2.24) is 15.1 Å². The lowest BCUT2D eigenvalue weighted by molar-refractivity contribution is 0.267. The molecule has 0 fully saturated rings. The zero-order chi connectivity index (χ0) is 16.3. The summed E-state index contributed by atoms with van der Waals surface area (Å²) >= 11 is 0. The molecule has 120 valence electrons. The highest BCUT2D eigenvalue weighted by Gasteiger charge is 2.21. The lowest BCUT2D eigenvalue weighted by Crippen LogP contribution is -2.36. The van der Waals surface area contributed by atoms with E-state index in [-0.39, 0.29) is 12.1 Å². The monoisotopic (exact) mass is 301 g/mol. The predicted molar refractivity (Wildman–Crippen MR) is 89.8 cm³/mol. The smallest absolute Gasteiger partial charge is 0.0644 e. The summed E-state index contributed by atoms with van der Waals surface area (Å²) in [4.78, 5) is 0. The summed E-state index contributed by atoms with van der Waals surface area (Å²) in [5, 5.41) is 17.2. The van der Waals surface area contributed by atoms with E-state index in [4.69, 9.17) is 5.11 Å². The molecule has 0 aliphatic carbocycles. The fourth-order valence-electron chi connectivity index (χ4n) is 2.75. The van der Waals surface area contributed by atoms with Gasteiger partial charge in [-0.25, -0.2) is 0 Å². The van der Waals surface area contributed by atoms with Crippen molar-refractivity contribution in [3.05, 3.63) is 52.3 Å². The van der Waals surface area contributed by atoms with Crippen LogP contribution in [-0.4, -0.2) is 21.5 Å². The summed E-state index contributed by atoms with van der Waals surface area (Å²) in [6.45, 7) is 12.0. The number of hydrogen-bond donors (Lipinski definition) is 2. The van der Waals surface area contributed by atoms with E-state index >= 15 is 0 Å². The molecule has 0 saturated carbocycles. The quantitative estimate of drug-likeness (QED) is 0.862. The Morgan fingerprint density at radius 2 is 1.95 bits per heavy atom. The van der Waals surface area contributed by atoms with Gasteiger partial charge in [-0.1, -0.05) is 29.8 Å². The van der Waals surface area contributed by atoms with Gasteiger partial charge in [0.2, 0.25) is 0 Å². The molecule has 0 aliphatic heterocycles. The van der Waals surface area contributed by atoms with Crippen LogP contribution in [0.15, 0.2) is 24.3 Å². The first-order chi connectivity index (χ1) is 10.3. The maximum absolute atomic E-state index is 9.10. The molecule has 2 rings (SSSR count). The number of aromatic nitrogens is 2. The van der Waals surface area contributed by atoms with Gasteiger partial charge in [0.25, 0.3) is 0 Å². The standard InChI is InChI=1S/C18H27N3O/c1-13-7-6-8-16(11-13)18(4,5)19-12-17-14(2)20-21(9-10-22)15(17)3/h6-8,11,19,22H,9-10,12H2,1-5H3. The Morgan fingerprint density at radius 1 is 1.23 bits per heavy atom. The van der Waals surface area contributed by atoms with Crippen LogP contribution in [0.2, 0.25) is 0 Å². The fourth-order valence-corrected chi connectivity index (χ4v) is 2.75. The molecule has 1 aromatic carbocycles. The minimum Gasteiger partial charge on any atom is -0.394 e. The van der Waals surface area contributed by atoms with Crippen LogP contribution in [0, 0.1) is 20.8 Å². The second kappa shape index (κ2) is 6.63. The van der Waals surface area contributed by atoms with E-state index in [0.29, 0.717) is 6.54 Å². The third-order valence-electron chi connectivity index (χ3n) is 4.29. The zero-order valence-electron chi connectivity index (χ0n) is 14.3. The van der Waals surface area contributed by atoms with Gasteiger partial charge in [-0.3, -0.25) is 4.68 Å². The number of aliphatic hydroxyl groups excluding tert-OH is 1. The average Bonchev–Trinajstić information content (AvgIpc) is 2.72. The van der Waals surface area contributed by atoms with Crippen molar-refractivity contribution in [2.45, 2.75) is 53.2 Å². The molecule has 0 aliphatic rings. The minimum absolute atomic E-state index is 0.107. The Labute approximate surface area is 133 Å². The molecule has 1 aromatic heterocycles. The molecule has 2 N–H and O–H groups in total. The normalized spacial score (nSPS) is 11.9. The zero-order valence-corrected chi connectivity index (χ0v) is 14.3. The minimum atomic E-state index is -0.107. The van der Waals surface area contributed by atoms with Crippen molar-refractivity contribution in [2.75, 3.05) is 6.61 Å². The molecule has 1 heterocycles. The first-order valence-electron chi connectivity index (χ1n) is 7.81. The van der Waals surface area contributed by atoms with Crippen LogP contribution in [0.5, 0.6) is 0 Å². The Balaban J connectivity index is 2.15. The number of nitrogens with zero attached hydrogens (tertiary/aromatic N) is 2. The predicted octanol–water partition coefficient (Wildman–Crippen LogP) is 2.83. The van der Waals surface area contributed by atoms with Gasteiger partial charge < -0.3 is 10.4 Å². The van der Waals surface area contributed by atoms with Gasteiger partial charge in [0.15, 0.2) is 0 Å². The Kier molecular flexibility index (Phi) is 5.04. The van der Waals surface area contributed by atoms with Gasteiger partial charge in [-0.05, 0) is 40.2 Å². The van der Waals surface area contributed by atoms with Crippen molar-refractivity contribution >= 4 is 0 Å². The summed E-state index contributed by atoms with van der Waals surface area (Å²) < 4.78 is 1.88. The van der Waals surface area contributed by atoms with Crippen LogP contribution in [0.4, 0.5) is 0 Å². The number of benzene rings is 1. The molecular formula is C18H27N3O. The van der Waals surface area contributed by atoms with Crippen molar-refractivity contribution < 1.29 is 5.11 Å². The highest BCUT2D eigenvalue weighted by Crippen LogP contribution is 2.22. The maximum Gasteiger partial charge on any atom is 0.0644 e. The number of rotatable bonds is 6. The van der Waals surface area contributed by atoms with E-state index in [9.17, 15) is 0 Å². The first-order valence-corrected chi connectivity index (χ1v) is 7.81. The van der Waals surface area contributed by atoms with E-state index in [0.717, 1.165) is 17.9 Å². The summed E-state index contributed by atoms with van der Waals surface area (Å²) in [5.74, 6) is 0. The van der Waals surface area contributed by atoms with Crippen LogP contribution in [-0.2, 0) is 18.6 Å². The van der Waals surface area contributed by atoms with Crippen molar-refractivity contribution in [1.29, 1.82) is 0 Å². The molecule has 0 amide bonds. The highest BCUT2D eigenvalue weighted by atomic mass is 16.3. The Hall–Kier alpha value is -1.65. The second-order valence-electron chi connectivity index (χ2n) is 6.44. The van der Waals surface area contributed by atoms with Gasteiger partial charge in [0.1, 0.15) is 0 Å². The maximum atomic E-state index is 9.10. The Morgan fingerprint density at radius 3 is 2.59 bits per heavy atom. The molecule has 2 aromatic rings. The summed E-state index contributed by atoms with van der Waals surface area (Å²) in [6.07, 6.45) is 0. The van der Waals surface area contributed by atoms with E-state index in [2.05, 4.69) is 62.4 Å². The van der Waals surface area contributed by atoms with Gasteiger partial charge in [-0.15, -0.1) is 0 Å². The summed E-state index contributed by atoms with van der Waals surface area (Å²) in [6, 6.07) is 8.60. The first kappa shape index (κ1) is 16.7. The van der Waals surface area contributed by atoms with Crippen LogP contribution >= 0.6 is 0 Å². The van der Waals surface area contributed by atoms with Gasteiger partial charge in [0.05, 0.1) is 18.8 Å². The number of nitrogens with one attached hydrogen (secondary N) is 1. The van der Waals surface area contributed by atoms with Crippen LogP contribution in [0.3, 0.4) is 0 Å². The van der Waals surface area contributed by atoms with Gasteiger partial charge in [0, 0.05) is 23.3 Å². The fraction of sp³-hybridized carbons (Fsp3) is 0.500. The highest BCUT2D eigenvalue weighted by molar-refractivity contribution is 5.29. The molecule has 0 saturated heterocycles. The lowest BCUT2D eigenvalue weighted by Gasteiger charge is -2.27. The third-order valence-corrected chi connectivity index (χ3v) is 4.29. The summed E-state index contributed by atoms with van der Waals surface area (Å²) in [5.41, 5.74) is 5.82. The topological polar surface area (TPSA) is 50.1 Å². The number of aliphatic hydroxyl groups is 1. The SMILES string of the molecule is Cc1cccc(C(C)(C)NCc2c(C)nn(CCO)c2C)c1. The van der Waals surface area contributed by atoms with Crippen LogP contribution in [0.25, 0.3) is 0 Å². The molecule has 0 bridgehead atoms. The van der Waals surface area contributed by atoms with Gasteiger partial charge >= 0.3 is 0 Å². The van der Waals surface area contributed by atoms with E-state index < -0.39 is 0 Å². The molecule has 0 unspecified atom stereocenters. The molecule has 4 heteroatoms. The molecule has 0 atom stereocenters. The average molecular weight is 301 g/mol. The second-order valence-corrected chi connectivity index (χ2v) is 6.44. The Bertz CT molecular complexity index is 644. The third kappa shape index (κ3) is 3.57. The summed E-state index contributed by atoms with van der Waals surface area (Å²) in [7, 11) is 0. The van der Waals surface area contributed by atoms with E-state index in [1.165, 1.54) is 16.7 Å². The molecule has 0 radical (unpaired) electrons. The number of aryl methyl sites for hydroxylation is 2. The van der Waals surface area contributed by atoms with Crippen molar-refractivity contribution in [2.24, 2.45) is 0 Å². The largest absolute Gasteiger partial charge is 0.394 e. The molecular weight excluding hydrogens is 274 g/mol. The van der Waals surface area contributed by atoms with E-state index in [1.54, 1.807) is 0 Å². The molecule has 0 spiro atoms. The van der Waals surface area contributed by atoms with Gasteiger partial charge in [-0.2, -0.15) is 5.10 Å². The molecule has 22 heavy (non-hydrogen) atoms. The van der Waals surface area contributed by atoms with Crippen LogP contribution < -0.4 is 5.32 Å². The van der Waals surface area contributed by atoms with Crippen LogP contribution in [0.1, 0.15) is 41.9 Å². The lowest BCUT2D eigenvalue weighted by atomic mass is 9.92. The molecule has 4 nitrogen and oxygen atoms in total. The van der Waals surface area contributed by atoms with E-state index in [1.807, 2.05) is 11.6 Å². The van der Waals surface area contributed by atoms with Crippen molar-refractivity contribution in [3.8, 4) is 0 Å².